The van der Waals surface area contributed by atoms with Crippen molar-refractivity contribution in [2.45, 2.75) is 32.0 Å². The zero-order valence-electron chi connectivity index (χ0n) is 12.2. The molecule has 1 saturated carbocycles. The van der Waals surface area contributed by atoms with Crippen molar-refractivity contribution in [1.82, 2.24) is 9.97 Å². The second-order valence-corrected chi connectivity index (χ2v) is 5.87. The zero-order valence-corrected chi connectivity index (χ0v) is 13.0. The molecule has 0 amide bonds. The third kappa shape index (κ3) is 4.04. The molecule has 2 aromatic rings. The Morgan fingerprint density at radius 3 is 2.52 bits per heavy atom. The number of rotatable bonds is 4. The molecule has 1 aliphatic rings. The number of hydrogen-bond donors (Lipinski definition) is 2. The van der Waals surface area contributed by atoms with Crippen molar-refractivity contribution in [2.75, 3.05) is 10.6 Å². The highest BCUT2D eigenvalue weighted by molar-refractivity contribution is 6.31. The average molecular weight is 343 g/mol. The lowest BCUT2D eigenvalue weighted by molar-refractivity contribution is -0.141. The van der Waals surface area contributed by atoms with Gasteiger partial charge in [-0.2, -0.15) is 18.2 Å². The van der Waals surface area contributed by atoms with E-state index in [0.29, 0.717) is 10.7 Å². The summed E-state index contributed by atoms with van der Waals surface area (Å²) >= 11 is 6.03. The van der Waals surface area contributed by atoms with Crippen LogP contribution in [-0.2, 0) is 6.18 Å². The van der Waals surface area contributed by atoms with E-state index in [1.807, 2.05) is 6.92 Å². The van der Waals surface area contributed by atoms with Gasteiger partial charge in [0, 0.05) is 22.8 Å². The SMILES string of the molecule is Cc1ccc(Nc2cc(C(F)(F)F)nc(NC3CC3)n2)cc1Cl. The van der Waals surface area contributed by atoms with Gasteiger partial charge in [-0.05, 0) is 37.5 Å². The number of nitrogens with zero attached hydrogens (tertiary/aromatic N) is 2. The van der Waals surface area contributed by atoms with Gasteiger partial charge in [-0.15, -0.1) is 0 Å². The fourth-order valence-electron chi connectivity index (χ4n) is 1.95. The maximum atomic E-state index is 13.0. The van der Waals surface area contributed by atoms with E-state index in [1.54, 1.807) is 18.2 Å². The highest BCUT2D eigenvalue weighted by Gasteiger charge is 2.34. The van der Waals surface area contributed by atoms with Crippen LogP contribution in [0.5, 0.6) is 0 Å². The Morgan fingerprint density at radius 1 is 1.17 bits per heavy atom. The second-order valence-electron chi connectivity index (χ2n) is 5.47. The van der Waals surface area contributed by atoms with E-state index < -0.39 is 11.9 Å². The summed E-state index contributed by atoms with van der Waals surface area (Å²) < 4.78 is 39.0. The number of alkyl halides is 3. The Labute approximate surface area is 136 Å². The molecule has 1 aromatic carbocycles. The van der Waals surface area contributed by atoms with E-state index >= 15 is 0 Å². The van der Waals surface area contributed by atoms with Crippen LogP contribution in [0.15, 0.2) is 24.3 Å². The maximum absolute atomic E-state index is 13.0. The predicted octanol–water partition coefficient (Wildman–Crippen LogP) is 4.78. The molecule has 4 nitrogen and oxygen atoms in total. The smallest absolute Gasteiger partial charge is 0.351 e. The lowest BCUT2D eigenvalue weighted by Gasteiger charge is -2.13. The van der Waals surface area contributed by atoms with Crippen LogP contribution in [0, 0.1) is 6.92 Å². The van der Waals surface area contributed by atoms with E-state index in [9.17, 15) is 13.2 Å². The fourth-order valence-corrected chi connectivity index (χ4v) is 2.13. The minimum atomic E-state index is -4.54. The molecule has 0 aliphatic heterocycles. The number of aryl methyl sites for hydroxylation is 1. The molecule has 1 fully saturated rings. The van der Waals surface area contributed by atoms with E-state index in [1.165, 1.54) is 0 Å². The molecule has 23 heavy (non-hydrogen) atoms. The Bertz CT molecular complexity index is 729. The number of anilines is 3. The van der Waals surface area contributed by atoms with Gasteiger partial charge >= 0.3 is 6.18 Å². The molecule has 8 heteroatoms. The standard InChI is InChI=1S/C15H14ClF3N4/c1-8-2-3-10(6-11(8)16)20-13-7-12(15(17,18)19)22-14(23-13)21-9-4-5-9/h2-3,6-7,9H,4-5H2,1H3,(H2,20,21,22,23). The van der Waals surface area contributed by atoms with Gasteiger partial charge < -0.3 is 10.6 Å². The molecule has 3 rings (SSSR count). The number of nitrogens with one attached hydrogen (secondary N) is 2. The van der Waals surface area contributed by atoms with Gasteiger partial charge in [-0.1, -0.05) is 17.7 Å². The summed E-state index contributed by atoms with van der Waals surface area (Å²) in [5, 5.41) is 6.25. The summed E-state index contributed by atoms with van der Waals surface area (Å²) in [6, 6.07) is 6.18. The first kappa shape index (κ1) is 15.9. The summed E-state index contributed by atoms with van der Waals surface area (Å²) in [5.74, 6) is 0.0402. The van der Waals surface area contributed by atoms with Gasteiger partial charge in [0.1, 0.15) is 5.82 Å². The Hall–Kier alpha value is -2.02. The maximum Gasteiger partial charge on any atom is 0.433 e. The van der Waals surface area contributed by atoms with Gasteiger partial charge in [0.2, 0.25) is 5.95 Å². The van der Waals surface area contributed by atoms with Crippen LogP contribution >= 0.6 is 11.6 Å². The number of hydrogen-bond acceptors (Lipinski definition) is 4. The highest BCUT2D eigenvalue weighted by atomic mass is 35.5. The first-order chi connectivity index (χ1) is 10.8. The largest absolute Gasteiger partial charge is 0.433 e. The van der Waals surface area contributed by atoms with Crippen molar-refractivity contribution >= 4 is 29.1 Å². The normalized spacial score (nSPS) is 14.7. The minimum absolute atomic E-state index is 0.0250. The summed E-state index contributed by atoms with van der Waals surface area (Å²) in [7, 11) is 0. The molecule has 1 aliphatic carbocycles. The lowest BCUT2D eigenvalue weighted by Crippen LogP contribution is -2.14. The minimum Gasteiger partial charge on any atom is -0.351 e. The lowest BCUT2D eigenvalue weighted by atomic mass is 10.2. The Kier molecular flexibility index (Phi) is 4.06. The Morgan fingerprint density at radius 2 is 1.91 bits per heavy atom. The number of aromatic nitrogens is 2. The van der Waals surface area contributed by atoms with Crippen LogP contribution in [0.3, 0.4) is 0 Å². The van der Waals surface area contributed by atoms with E-state index in [4.69, 9.17) is 11.6 Å². The van der Waals surface area contributed by atoms with Crippen LogP contribution < -0.4 is 10.6 Å². The quantitative estimate of drug-likeness (QED) is 0.840. The van der Waals surface area contributed by atoms with Gasteiger partial charge in [0.15, 0.2) is 5.69 Å². The molecule has 0 spiro atoms. The number of halogens is 4. The first-order valence-electron chi connectivity index (χ1n) is 7.07. The van der Waals surface area contributed by atoms with E-state index in [0.717, 1.165) is 24.5 Å². The fraction of sp³-hybridized carbons (Fsp3) is 0.333. The monoisotopic (exact) mass is 342 g/mol. The summed E-state index contributed by atoms with van der Waals surface area (Å²) in [6.45, 7) is 1.84. The summed E-state index contributed by atoms with van der Waals surface area (Å²) in [6.07, 6.45) is -2.71. The molecular weight excluding hydrogens is 329 g/mol. The van der Waals surface area contributed by atoms with Crippen LogP contribution in [0.4, 0.5) is 30.6 Å². The van der Waals surface area contributed by atoms with E-state index in [2.05, 4.69) is 20.6 Å². The van der Waals surface area contributed by atoms with Crippen LogP contribution in [0.1, 0.15) is 24.1 Å². The molecule has 1 heterocycles. The molecule has 0 bridgehead atoms. The molecule has 0 atom stereocenters. The molecule has 0 radical (unpaired) electrons. The molecule has 2 N–H and O–H groups in total. The first-order valence-corrected chi connectivity index (χ1v) is 7.45. The zero-order chi connectivity index (χ0) is 16.6. The van der Waals surface area contributed by atoms with Gasteiger partial charge in [0.05, 0.1) is 0 Å². The third-order valence-electron chi connectivity index (χ3n) is 3.37. The number of benzene rings is 1. The second kappa shape index (κ2) is 5.88. The molecule has 0 saturated heterocycles. The van der Waals surface area contributed by atoms with Crippen molar-refractivity contribution in [2.24, 2.45) is 0 Å². The van der Waals surface area contributed by atoms with Crippen LogP contribution in [0.25, 0.3) is 0 Å². The predicted molar refractivity (Wildman–Crippen MR) is 83.2 cm³/mol. The van der Waals surface area contributed by atoms with Crippen molar-refractivity contribution in [3.63, 3.8) is 0 Å². The molecule has 122 valence electrons. The summed E-state index contributed by atoms with van der Waals surface area (Å²) in [5.41, 5.74) is 0.452. The Balaban J connectivity index is 1.91. The average Bonchev–Trinajstić information content (AvgIpc) is 3.26. The molecule has 1 aromatic heterocycles. The van der Waals surface area contributed by atoms with Gasteiger partial charge in [-0.25, -0.2) is 4.98 Å². The van der Waals surface area contributed by atoms with Crippen molar-refractivity contribution in [3.05, 3.63) is 40.5 Å². The highest BCUT2D eigenvalue weighted by Crippen LogP contribution is 2.32. The van der Waals surface area contributed by atoms with E-state index in [-0.39, 0.29) is 17.8 Å². The summed E-state index contributed by atoms with van der Waals surface area (Å²) in [4.78, 5) is 7.64. The van der Waals surface area contributed by atoms with Gasteiger partial charge in [-0.3, -0.25) is 0 Å². The van der Waals surface area contributed by atoms with Gasteiger partial charge in [0.25, 0.3) is 0 Å². The topological polar surface area (TPSA) is 49.8 Å². The third-order valence-corrected chi connectivity index (χ3v) is 3.78. The van der Waals surface area contributed by atoms with Crippen LogP contribution in [-0.4, -0.2) is 16.0 Å². The molecule has 0 unspecified atom stereocenters. The van der Waals surface area contributed by atoms with Crippen molar-refractivity contribution in [1.29, 1.82) is 0 Å². The van der Waals surface area contributed by atoms with Crippen molar-refractivity contribution in [3.8, 4) is 0 Å². The molecular formula is C15H14ClF3N4. The van der Waals surface area contributed by atoms with Crippen LogP contribution in [0.2, 0.25) is 5.02 Å². The van der Waals surface area contributed by atoms with Crippen molar-refractivity contribution < 1.29 is 13.2 Å².